The van der Waals surface area contributed by atoms with Gasteiger partial charge >= 0.3 is 0 Å². The average molecular weight is 550 g/mol. The van der Waals surface area contributed by atoms with Crippen LogP contribution >= 0.6 is 61.5 Å². The van der Waals surface area contributed by atoms with Gasteiger partial charge in [0.2, 0.25) is 0 Å². The Kier molecular flexibility index (Phi) is 5.98. The van der Waals surface area contributed by atoms with Crippen LogP contribution < -0.4 is 10.1 Å². The Labute approximate surface area is 175 Å². The molecule has 0 aliphatic carbocycles. The molecule has 128 valence electrons. The number of carbonyl (C=O) groups excluding carboxylic acids is 1. The molecule has 0 saturated heterocycles. The summed E-state index contributed by atoms with van der Waals surface area (Å²) in [7, 11) is 1.62. The van der Waals surface area contributed by atoms with Crippen LogP contribution in [0.1, 0.15) is 10.4 Å². The summed E-state index contributed by atoms with van der Waals surface area (Å²) in [5.74, 6) is 0.473. The summed E-state index contributed by atoms with van der Waals surface area (Å²) in [6.45, 7) is 0. The summed E-state index contributed by atoms with van der Waals surface area (Å²) >= 11 is 13.1. The van der Waals surface area contributed by atoms with Gasteiger partial charge in [-0.1, -0.05) is 11.6 Å². The minimum Gasteiger partial charge on any atom is -0.496 e. The van der Waals surface area contributed by atoms with Crippen molar-refractivity contribution in [3.8, 4) is 17.0 Å². The van der Waals surface area contributed by atoms with Gasteiger partial charge < -0.3 is 4.74 Å². The third-order valence-electron chi connectivity index (χ3n) is 3.35. The molecule has 1 aromatic heterocycles. The van der Waals surface area contributed by atoms with Crippen LogP contribution in [0, 0.1) is 3.57 Å². The maximum Gasteiger partial charge on any atom is 0.258 e. The monoisotopic (exact) mass is 548 g/mol. The van der Waals surface area contributed by atoms with E-state index in [9.17, 15) is 4.79 Å². The van der Waals surface area contributed by atoms with Crippen LogP contribution in [0.4, 0.5) is 5.13 Å². The van der Waals surface area contributed by atoms with Crippen LogP contribution in [0.3, 0.4) is 0 Å². The Balaban J connectivity index is 1.81. The number of methoxy groups -OCH3 is 1. The fourth-order valence-corrected chi connectivity index (χ4v) is 4.08. The lowest BCUT2D eigenvalue weighted by molar-refractivity contribution is 0.102. The summed E-state index contributed by atoms with van der Waals surface area (Å²) in [4.78, 5) is 16.9. The number of carbonyl (C=O) groups is 1. The van der Waals surface area contributed by atoms with E-state index in [4.69, 9.17) is 16.3 Å². The number of nitrogens with zero attached hydrogens (tertiary/aromatic N) is 1. The summed E-state index contributed by atoms with van der Waals surface area (Å²) in [5.41, 5.74) is 2.13. The van der Waals surface area contributed by atoms with Crippen LogP contribution in [-0.4, -0.2) is 18.0 Å². The quantitative estimate of drug-likeness (QED) is 0.401. The SMILES string of the molecule is COc1ccc(-c2csc(NC(=O)c3cc(I)ccc3Cl)n2)cc1Br. The molecule has 4 nitrogen and oxygen atoms in total. The first kappa shape index (κ1) is 18.6. The Morgan fingerprint density at radius 1 is 1.32 bits per heavy atom. The number of amides is 1. The summed E-state index contributed by atoms with van der Waals surface area (Å²) in [6, 6.07) is 11.0. The van der Waals surface area contributed by atoms with Crippen LogP contribution in [-0.2, 0) is 0 Å². The highest BCUT2D eigenvalue weighted by Crippen LogP contribution is 2.32. The van der Waals surface area contributed by atoms with Crippen LogP contribution in [0.5, 0.6) is 5.75 Å². The number of anilines is 1. The molecule has 0 bridgehead atoms. The molecule has 3 rings (SSSR count). The largest absolute Gasteiger partial charge is 0.496 e. The van der Waals surface area contributed by atoms with Crippen molar-refractivity contribution in [1.82, 2.24) is 4.98 Å². The van der Waals surface area contributed by atoms with Gasteiger partial charge in [0.15, 0.2) is 5.13 Å². The number of ether oxygens (including phenoxy) is 1. The number of hydrogen-bond donors (Lipinski definition) is 1. The molecule has 0 fully saturated rings. The predicted octanol–water partition coefficient (Wildman–Crippen LogP) is 6.09. The third kappa shape index (κ3) is 4.33. The molecule has 1 heterocycles. The topological polar surface area (TPSA) is 51.2 Å². The second kappa shape index (κ2) is 8.03. The second-order valence-electron chi connectivity index (χ2n) is 4.97. The van der Waals surface area contributed by atoms with E-state index >= 15 is 0 Å². The molecule has 0 unspecified atom stereocenters. The van der Waals surface area contributed by atoms with Gasteiger partial charge in [-0.2, -0.15) is 0 Å². The molecule has 8 heteroatoms. The molecule has 3 aromatic rings. The van der Waals surface area contributed by atoms with Gasteiger partial charge in [0.05, 0.1) is 27.9 Å². The fraction of sp³-hybridized carbons (Fsp3) is 0.0588. The van der Waals surface area contributed by atoms with Crippen molar-refractivity contribution >= 4 is 72.5 Å². The minimum absolute atomic E-state index is 0.277. The highest BCUT2D eigenvalue weighted by Gasteiger charge is 2.14. The molecule has 0 aliphatic heterocycles. The standard InChI is InChI=1S/C17H11BrClIN2O2S/c1-24-15-5-2-9(6-12(15)18)14-8-25-17(21-14)22-16(23)11-7-10(20)3-4-13(11)19/h2-8H,1H3,(H,21,22,23). The predicted molar refractivity (Wildman–Crippen MR) is 114 cm³/mol. The van der Waals surface area contributed by atoms with Gasteiger partial charge in [0.1, 0.15) is 5.75 Å². The number of rotatable bonds is 4. The summed E-state index contributed by atoms with van der Waals surface area (Å²) in [6.07, 6.45) is 0. The van der Waals surface area contributed by atoms with E-state index in [-0.39, 0.29) is 5.91 Å². The maximum atomic E-state index is 12.4. The van der Waals surface area contributed by atoms with E-state index in [1.54, 1.807) is 19.2 Å². The van der Waals surface area contributed by atoms with Crippen molar-refractivity contribution in [3.05, 3.63) is 60.4 Å². The lowest BCUT2D eigenvalue weighted by Crippen LogP contribution is -2.12. The average Bonchev–Trinajstić information content (AvgIpc) is 3.05. The molecule has 0 atom stereocenters. The highest BCUT2D eigenvalue weighted by molar-refractivity contribution is 14.1. The van der Waals surface area contributed by atoms with Gasteiger partial charge in [-0.25, -0.2) is 4.98 Å². The first-order chi connectivity index (χ1) is 12.0. The van der Waals surface area contributed by atoms with E-state index in [0.29, 0.717) is 15.7 Å². The van der Waals surface area contributed by atoms with Crippen LogP contribution in [0.25, 0.3) is 11.3 Å². The molecule has 0 radical (unpaired) electrons. The first-order valence-corrected chi connectivity index (χ1v) is 10.2. The van der Waals surface area contributed by atoms with E-state index < -0.39 is 0 Å². The highest BCUT2D eigenvalue weighted by atomic mass is 127. The van der Waals surface area contributed by atoms with Crippen LogP contribution in [0.15, 0.2) is 46.3 Å². The molecule has 1 N–H and O–H groups in total. The van der Waals surface area contributed by atoms with Gasteiger partial charge in [-0.05, 0) is 74.9 Å². The molecular formula is C17H11BrClIN2O2S. The summed E-state index contributed by atoms with van der Waals surface area (Å²) < 4.78 is 7.01. The molecule has 0 saturated carbocycles. The van der Waals surface area contributed by atoms with Gasteiger partial charge in [0.25, 0.3) is 5.91 Å². The maximum absolute atomic E-state index is 12.4. The number of thiazole rings is 1. The van der Waals surface area contributed by atoms with E-state index in [1.807, 2.05) is 29.6 Å². The summed E-state index contributed by atoms with van der Waals surface area (Å²) in [5, 5.41) is 5.61. The van der Waals surface area contributed by atoms with E-state index in [2.05, 4.69) is 48.8 Å². The molecular weight excluding hydrogens is 539 g/mol. The number of aromatic nitrogens is 1. The first-order valence-electron chi connectivity index (χ1n) is 7.04. The number of halogens is 3. The molecule has 0 aliphatic rings. The van der Waals surface area contributed by atoms with E-state index in [0.717, 1.165) is 25.0 Å². The van der Waals surface area contributed by atoms with Gasteiger partial charge in [-0.15, -0.1) is 11.3 Å². The van der Waals surface area contributed by atoms with Gasteiger partial charge in [-0.3, -0.25) is 10.1 Å². The van der Waals surface area contributed by atoms with Gasteiger partial charge in [0, 0.05) is 14.5 Å². The zero-order valence-corrected chi connectivity index (χ0v) is 18.2. The third-order valence-corrected chi connectivity index (χ3v) is 5.72. The van der Waals surface area contributed by atoms with Crippen molar-refractivity contribution in [3.63, 3.8) is 0 Å². The fourth-order valence-electron chi connectivity index (χ4n) is 2.13. The van der Waals surface area contributed by atoms with Crippen molar-refractivity contribution in [1.29, 1.82) is 0 Å². The van der Waals surface area contributed by atoms with Crippen LogP contribution in [0.2, 0.25) is 5.02 Å². The van der Waals surface area contributed by atoms with E-state index in [1.165, 1.54) is 11.3 Å². The Morgan fingerprint density at radius 2 is 2.12 bits per heavy atom. The normalized spacial score (nSPS) is 10.6. The zero-order valence-electron chi connectivity index (χ0n) is 12.8. The molecule has 25 heavy (non-hydrogen) atoms. The smallest absolute Gasteiger partial charge is 0.258 e. The Hall–Kier alpha value is -1.16. The van der Waals surface area contributed by atoms with Crippen molar-refractivity contribution in [2.75, 3.05) is 12.4 Å². The lowest BCUT2D eigenvalue weighted by atomic mass is 10.2. The molecule has 2 aromatic carbocycles. The molecule has 0 spiro atoms. The van der Waals surface area contributed by atoms with Crippen molar-refractivity contribution in [2.45, 2.75) is 0 Å². The minimum atomic E-state index is -0.277. The molecule has 1 amide bonds. The van der Waals surface area contributed by atoms with Crippen molar-refractivity contribution < 1.29 is 9.53 Å². The number of nitrogens with one attached hydrogen (secondary N) is 1. The second-order valence-corrected chi connectivity index (χ2v) is 8.33. The Bertz CT molecular complexity index is 948. The number of hydrogen-bond acceptors (Lipinski definition) is 4. The van der Waals surface area contributed by atoms with Crippen molar-refractivity contribution in [2.24, 2.45) is 0 Å². The Morgan fingerprint density at radius 3 is 2.84 bits per heavy atom. The lowest BCUT2D eigenvalue weighted by Gasteiger charge is -2.05. The number of benzene rings is 2. The zero-order chi connectivity index (χ0) is 18.0.